The fourth-order valence-electron chi connectivity index (χ4n) is 1.37. The van der Waals surface area contributed by atoms with Crippen LogP contribution >= 0.6 is 11.8 Å². The third-order valence-electron chi connectivity index (χ3n) is 2.26. The lowest BCUT2D eigenvalue weighted by atomic mass is 10.0. The summed E-state index contributed by atoms with van der Waals surface area (Å²) >= 11 is 1.92. The molecule has 0 bridgehead atoms. The minimum Gasteiger partial charge on any atom is -0.353 e. The second-order valence-electron chi connectivity index (χ2n) is 3.85. The summed E-state index contributed by atoms with van der Waals surface area (Å²) in [5.41, 5.74) is 0.839. The number of hydrogen-bond donors (Lipinski definition) is 0. The highest BCUT2D eigenvalue weighted by molar-refractivity contribution is 7.99. The van der Waals surface area contributed by atoms with Gasteiger partial charge in [-0.05, 0) is 11.8 Å². The Morgan fingerprint density at radius 2 is 2.27 bits per heavy atom. The largest absolute Gasteiger partial charge is 0.353 e. The van der Waals surface area contributed by atoms with Crippen LogP contribution in [0.15, 0.2) is 18.5 Å². The molecule has 1 heterocycles. The molecule has 2 nitrogen and oxygen atoms in total. The predicted molar refractivity (Wildman–Crippen MR) is 66.6 cm³/mol. The number of thioether (sulfide) groups is 1. The van der Waals surface area contributed by atoms with Gasteiger partial charge in [0.05, 0.1) is 0 Å². The van der Waals surface area contributed by atoms with Crippen LogP contribution in [0.5, 0.6) is 0 Å². The van der Waals surface area contributed by atoms with Crippen molar-refractivity contribution >= 4 is 17.5 Å². The molecule has 0 aromatic carbocycles. The Bertz CT molecular complexity index is 317. The first-order valence-corrected chi connectivity index (χ1v) is 6.58. The molecule has 0 aliphatic heterocycles. The van der Waals surface area contributed by atoms with Gasteiger partial charge in [0.1, 0.15) is 0 Å². The SMILES string of the molecule is CCSCCn1ccc(C(=O)C(C)C)c1. The van der Waals surface area contributed by atoms with Gasteiger partial charge in [-0.1, -0.05) is 20.8 Å². The second-order valence-corrected chi connectivity index (χ2v) is 5.25. The Hall–Kier alpha value is -0.700. The average Bonchev–Trinajstić information content (AvgIpc) is 2.65. The van der Waals surface area contributed by atoms with Gasteiger partial charge in [-0.15, -0.1) is 0 Å². The zero-order chi connectivity index (χ0) is 11.3. The summed E-state index contributed by atoms with van der Waals surface area (Å²) in [5, 5.41) is 0. The van der Waals surface area contributed by atoms with Crippen molar-refractivity contribution in [1.29, 1.82) is 0 Å². The molecule has 84 valence electrons. The maximum Gasteiger partial charge on any atom is 0.166 e. The molecule has 0 amide bonds. The number of rotatable bonds is 6. The Morgan fingerprint density at radius 3 is 2.87 bits per heavy atom. The molecule has 3 heteroatoms. The van der Waals surface area contributed by atoms with E-state index < -0.39 is 0 Å². The summed E-state index contributed by atoms with van der Waals surface area (Å²) in [5.74, 6) is 2.59. The quantitative estimate of drug-likeness (QED) is 0.548. The van der Waals surface area contributed by atoms with Gasteiger partial charge in [0.15, 0.2) is 5.78 Å². The summed E-state index contributed by atoms with van der Waals surface area (Å²) in [6.45, 7) is 7.02. The molecule has 0 spiro atoms. The smallest absolute Gasteiger partial charge is 0.166 e. The Morgan fingerprint density at radius 1 is 1.53 bits per heavy atom. The first-order chi connectivity index (χ1) is 7.15. The van der Waals surface area contributed by atoms with E-state index in [1.807, 2.05) is 44.1 Å². The van der Waals surface area contributed by atoms with Crippen molar-refractivity contribution in [2.45, 2.75) is 27.3 Å². The van der Waals surface area contributed by atoms with Crippen LogP contribution in [-0.4, -0.2) is 21.9 Å². The highest BCUT2D eigenvalue weighted by Crippen LogP contribution is 2.10. The van der Waals surface area contributed by atoms with Crippen LogP contribution in [0, 0.1) is 5.92 Å². The lowest BCUT2D eigenvalue weighted by molar-refractivity contribution is 0.0939. The first-order valence-electron chi connectivity index (χ1n) is 5.43. The molecule has 1 aromatic rings. The standard InChI is InChI=1S/C12H19NOS/c1-4-15-8-7-13-6-5-11(9-13)12(14)10(2)3/h5-6,9-10H,4,7-8H2,1-3H3. The minimum absolute atomic E-state index is 0.0888. The number of aromatic nitrogens is 1. The van der Waals surface area contributed by atoms with Crippen LogP contribution in [0.25, 0.3) is 0 Å². The number of carbonyl (C=O) groups excluding carboxylic acids is 1. The van der Waals surface area contributed by atoms with Crippen LogP contribution in [0.2, 0.25) is 0 Å². The lowest BCUT2D eigenvalue weighted by Crippen LogP contribution is -2.06. The monoisotopic (exact) mass is 225 g/mol. The van der Waals surface area contributed by atoms with Gasteiger partial charge < -0.3 is 4.57 Å². The van der Waals surface area contributed by atoms with Crippen LogP contribution < -0.4 is 0 Å². The normalized spacial score (nSPS) is 10.9. The van der Waals surface area contributed by atoms with Crippen molar-refractivity contribution in [3.63, 3.8) is 0 Å². The predicted octanol–water partition coefficient (Wildman–Crippen LogP) is 3.08. The third kappa shape index (κ3) is 3.74. The van der Waals surface area contributed by atoms with Gasteiger partial charge in [-0.25, -0.2) is 0 Å². The van der Waals surface area contributed by atoms with E-state index in [0.29, 0.717) is 0 Å². The molecule has 0 saturated heterocycles. The van der Waals surface area contributed by atoms with Gasteiger partial charge in [0.25, 0.3) is 0 Å². The van der Waals surface area contributed by atoms with Gasteiger partial charge in [-0.3, -0.25) is 4.79 Å². The molecule has 0 fully saturated rings. The third-order valence-corrected chi connectivity index (χ3v) is 3.14. The maximum atomic E-state index is 11.7. The topological polar surface area (TPSA) is 22.0 Å². The summed E-state index contributed by atoms with van der Waals surface area (Å²) in [6, 6.07) is 1.92. The number of hydrogen-bond acceptors (Lipinski definition) is 2. The summed E-state index contributed by atoms with van der Waals surface area (Å²) in [6.07, 6.45) is 3.95. The number of aryl methyl sites for hydroxylation is 1. The molecule has 1 aromatic heterocycles. The summed E-state index contributed by atoms with van der Waals surface area (Å²) < 4.78 is 2.10. The molecular formula is C12H19NOS. The zero-order valence-corrected chi connectivity index (χ0v) is 10.5. The summed E-state index contributed by atoms with van der Waals surface area (Å²) in [4.78, 5) is 11.7. The molecule has 0 radical (unpaired) electrons. The Kier molecular flexibility index (Phi) is 4.95. The van der Waals surface area contributed by atoms with Gasteiger partial charge in [0, 0.05) is 36.2 Å². The van der Waals surface area contributed by atoms with E-state index in [2.05, 4.69) is 11.5 Å². The molecule has 0 saturated carbocycles. The number of carbonyl (C=O) groups is 1. The molecule has 0 atom stereocenters. The lowest BCUT2D eigenvalue weighted by Gasteiger charge is -2.02. The molecule has 0 N–H and O–H groups in total. The van der Waals surface area contributed by atoms with Crippen molar-refractivity contribution in [1.82, 2.24) is 4.57 Å². The van der Waals surface area contributed by atoms with Crippen LogP contribution in [0.1, 0.15) is 31.1 Å². The van der Waals surface area contributed by atoms with Gasteiger partial charge in [0.2, 0.25) is 0 Å². The van der Waals surface area contributed by atoms with Crippen molar-refractivity contribution in [2.75, 3.05) is 11.5 Å². The minimum atomic E-state index is 0.0888. The highest BCUT2D eigenvalue weighted by atomic mass is 32.2. The summed E-state index contributed by atoms with van der Waals surface area (Å²) in [7, 11) is 0. The first kappa shape index (κ1) is 12.4. The highest BCUT2D eigenvalue weighted by Gasteiger charge is 2.11. The fourth-order valence-corrected chi connectivity index (χ4v) is 2.00. The molecule has 0 unspecified atom stereocenters. The van der Waals surface area contributed by atoms with Gasteiger partial charge >= 0.3 is 0 Å². The van der Waals surface area contributed by atoms with E-state index >= 15 is 0 Å². The van der Waals surface area contributed by atoms with Crippen LogP contribution in [-0.2, 0) is 6.54 Å². The van der Waals surface area contributed by atoms with E-state index in [4.69, 9.17) is 0 Å². The molecule has 15 heavy (non-hydrogen) atoms. The van der Waals surface area contributed by atoms with Crippen molar-refractivity contribution < 1.29 is 4.79 Å². The van der Waals surface area contributed by atoms with Crippen molar-refractivity contribution in [2.24, 2.45) is 5.92 Å². The van der Waals surface area contributed by atoms with E-state index in [0.717, 1.165) is 23.6 Å². The number of Topliss-reactive ketones (excluding diaryl/α,β-unsaturated/α-hetero) is 1. The molecular weight excluding hydrogens is 206 g/mol. The molecule has 0 aliphatic carbocycles. The van der Waals surface area contributed by atoms with E-state index in [9.17, 15) is 4.79 Å². The zero-order valence-electron chi connectivity index (χ0n) is 9.69. The van der Waals surface area contributed by atoms with E-state index in [1.165, 1.54) is 0 Å². The van der Waals surface area contributed by atoms with Crippen molar-refractivity contribution in [3.05, 3.63) is 24.0 Å². The average molecular weight is 225 g/mol. The Labute approximate surface area is 96.1 Å². The maximum absolute atomic E-state index is 11.7. The molecule has 1 rings (SSSR count). The number of nitrogens with zero attached hydrogens (tertiary/aromatic N) is 1. The van der Waals surface area contributed by atoms with E-state index in [-0.39, 0.29) is 11.7 Å². The second kappa shape index (κ2) is 6.01. The fraction of sp³-hybridized carbons (Fsp3) is 0.583. The molecule has 0 aliphatic rings. The van der Waals surface area contributed by atoms with E-state index in [1.54, 1.807) is 0 Å². The Balaban J connectivity index is 2.52. The van der Waals surface area contributed by atoms with Gasteiger partial charge in [-0.2, -0.15) is 11.8 Å². The van der Waals surface area contributed by atoms with Crippen molar-refractivity contribution in [3.8, 4) is 0 Å². The number of ketones is 1. The van der Waals surface area contributed by atoms with Crippen LogP contribution in [0.4, 0.5) is 0 Å². The van der Waals surface area contributed by atoms with Crippen LogP contribution in [0.3, 0.4) is 0 Å².